The van der Waals surface area contributed by atoms with Gasteiger partial charge in [0.05, 0.1) is 0 Å². The summed E-state index contributed by atoms with van der Waals surface area (Å²) in [5.41, 5.74) is 3.10. The average Bonchev–Trinajstić information content (AvgIpc) is 2.08. The molecule has 1 aromatic carbocycles. The van der Waals surface area contributed by atoms with Gasteiger partial charge in [-0.05, 0) is 36.6 Å². The molecule has 1 nitrogen and oxygen atoms in total. The number of phenols is 1. The van der Waals surface area contributed by atoms with Crippen LogP contribution in [0.5, 0.6) is 5.75 Å². The van der Waals surface area contributed by atoms with Gasteiger partial charge >= 0.3 is 0 Å². The number of hydrogen-bond donors (Lipinski definition) is 1. The Bertz CT molecular complexity index is 329. The summed E-state index contributed by atoms with van der Waals surface area (Å²) in [6.45, 7) is 7.61. The summed E-state index contributed by atoms with van der Waals surface area (Å²) in [6, 6.07) is 1.98. The summed E-state index contributed by atoms with van der Waals surface area (Å²) < 4.78 is 0. The van der Waals surface area contributed by atoms with Crippen LogP contribution in [0.15, 0.2) is 12.6 Å². The molecule has 2 heteroatoms. The Labute approximate surface area is 76.2 Å². The summed E-state index contributed by atoms with van der Waals surface area (Å²) in [6.07, 6.45) is 1.85. The Morgan fingerprint density at radius 3 is 2.58 bits per heavy atom. The van der Waals surface area contributed by atoms with E-state index in [9.17, 15) is 5.11 Å². The van der Waals surface area contributed by atoms with Gasteiger partial charge < -0.3 is 5.11 Å². The third-order valence-corrected chi connectivity index (χ3v) is 3.64. The standard InChI is InChI=1S/C10H14OSi/c1-4-8-5-6(2)9(11)7(3)10(8)12/h4-5,11H,1H2,2-3,12H3. The van der Waals surface area contributed by atoms with Crippen molar-refractivity contribution in [3.8, 4) is 5.75 Å². The van der Waals surface area contributed by atoms with Crippen LogP contribution in [0.2, 0.25) is 0 Å². The molecule has 0 saturated heterocycles. The molecule has 0 unspecified atom stereocenters. The molecule has 0 aliphatic heterocycles. The van der Waals surface area contributed by atoms with Gasteiger partial charge in [0.15, 0.2) is 0 Å². The van der Waals surface area contributed by atoms with Gasteiger partial charge in [0, 0.05) is 10.2 Å². The average molecular weight is 178 g/mol. The molecule has 1 aromatic rings. The topological polar surface area (TPSA) is 20.2 Å². The molecule has 1 rings (SSSR count). The zero-order valence-electron chi connectivity index (χ0n) is 7.81. The molecule has 12 heavy (non-hydrogen) atoms. The molecule has 0 spiro atoms. The minimum absolute atomic E-state index is 0.436. The highest BCUT2D eigenvalue weighted by molar-refractivity contribution is 6.35. The highest BCUT2D eigenvalue weighted by atomic mass is 28.1. The normalized spacial score (nSPS) is 10.2. The summed E-state index contributed by atoms with van der Waals surface area (Å²) >= 11 is 0. The molecule has 0 amide bonds. The fourth-order valence-electron chi connectivity index (χ4n) is 1.31. The quantitative estimate of drug-likeness (QED) is 0.626. The van der Waals surface area contributed by atoms with Gasteiger partial charge in [0.25, 0.3) is 0 Å². The van der Waals surface area contributed by atoms with Gasteiger partial charge in [0.2, 0.25) is 0 Å². The van der Waals surface area contributed by atoms with E-state index in [2.05, 4.69) is 6.58 Å². The lowest BCUT2D eigenvalue weighted by Gasteiger charge is -2.09. The highest BCUT2D eigenvalue weighted by Crippen LogP contribution is 2.20. The van der Waals surface area contributed by atoms with Crippen molar-refractivity contribution >= 4 is 21.5 Å². The monoisotopic (exact) mass is 178 g/mol. The number of aromatic hydroxyl groups is 1. The van der Waals surface area contributed by atoms with Crippen molar-refractivity contribution in [3.63, 3.8) is 0 Å². The van der Waals surface area contributed by atoms with Crippen molar-refractivity contribution in [1.29, 1.82) is 0 Å². The molecular formula is C10H14OSi. The van der Waals surface area contributed by atoms with Crippen LogP contribution in [0.4, 0.5) is 0 Å². The van der Waals surface area contributed by atoms with Crippen LogP contribution >= 0.6 is 0 Å². The molecular weight excluding hydrogens is 164 g/mol. The molecule has 0 atom stereocenters. The van der Waals surface area contributed by atoms with E-state index >= 15 is 0 Å². The fourth-order valence-corrected chi connectivity index (χ4v) is 1.90. The van der Waals surface area contributed by atoms with E-state index in [0.29, 0.717) is 5.75 Å². The molecule has 0 bridgehead atoms. The maximum atomic E-state index is 9.60. The molecule has 0 saturated carbocycles. The van der Waals surface area contributed by atoms with Crippen molar-refractivity contribution < 1.29 is 5.11 Å². The third-order valence-electron chi connectivity index (χ3n) is 2.32. The number of hydrogen-bond acceptors (Lipinski definition) is 1. The Kier molecular flexibility index (Phi) is 2.38. The number of benzene rings is 1. The van der Waals surface area contributed by atoms with Crippen molar-refractivity contribution in [2.24, 2.45) is 0 Å². The van der Waals surface area contributed by atoms with Crippen LogP contribution in [0.1, 0.15) is 16.7 Å². The van der Waals surface area contributed by atoms with Crippen LogP contribution in [0.25, 0.3) is 6.08 Å². The summed E-state index contributed by atoms with van der Waals surface area (Å²) in [5.74, 6) is 0.436. The van der Waals surface area contributed by atoms with Crippen molar-refractivity contribution in [2.75, 3.05) is 0 Å². The van der Waals surface area contributed by atoms with Gasteiger partial charge in [-0.25, -0.2) is 0 Å². The molecule has 0 radical (unpaired) electrons. The molecule has 0 aromatic heterocycles. The highest BCUT2D eigenvalue weighted by Gasteiger charge is 2.05. The lowest BCUT2D eigenvalue weighted by Crippen LogP contribution is -2.12. The predicted octanol–water partition coefficient (Wildman–Crippen LogP) is 0.643. The van der Waals surface area contributed by atoms with Gasteiger partial charge in [0.1, 0.15) is 5.75 Å². The van der Waals surface area contributed by atoms with E-state index in [0.717, 1.165) is 26.9 Å². The smallest absolute Gasteiger partial charge is 0.121 e. The SMILES string of the molecule is C=Cc1cc(C)c(O)c(C)c1[SiH3]. The molecule has 0 aliphatic carbocycles. The van der Waals surface area contributed by atoms with Crippen molar-refractivity contribution in [2.45, 2.75) is 13.8 Å². The maximum Gasteiger partial charge on any atom is 0.121 e. The number of rotatable bonds is 1. The minimum Gasteiger partial charge on any atom is -0.507 e. The van der Waals surface area contributed by atoms with Gasteiger partial charge in [-0.2, -0.15) is 0 Å². The summed E-state index contributed by atoms with van der Waals surface area (Å²) in [7, 11) is 0.953. The maximum absolute atomic E-state index is 9.60. The van der Waals surface area contributed by atoms with E-state index < -0.39 is 0 Å². The Morgan fingerprint density at radius 1 is 1.50 bits per heavy atom. The van der Waals surface area contributed by atoms with Crippen LogP contribution in [-0.4, -0.2) is 15.3 Å². The zero-order valence-corrected chi connectivity index (χ0v) is 9.81. The second-order valence-electron chi connectivity index (χ2n) is 3.09. The molecule has 64 valence electrons. The van der Waals surface area contributed by atoms with Gasteiger partial charge in [-0.1, -0.05) is 17.8 Å². The molecule has 0 fully saturated rings. The summed E-state index contributed by atoms with van der Waals surface area (Å²) in [5, 5.41) is 10.8. The van der Waals surface area contributed by atoms with E-state index in [4.69, 9.17) is 0 Å². The van der Waals surface area contributed by atoms with Crippen molar-refractivity contribution in [1.82, 2.24) is 0 Å². The molecule has 0 aliphatic rings. The first-order valence-corrected chi connectivity index (χ1v) is 5.00. The van der Waals surface area contributed by atoms with E-state index in [1.54, 1.807) is 0 Å². The van der Waals surface area contributed by atoms with Crippen molar-refractivity contribution in [3.05, 3.63) is 29.3 Å². The largest absolute Gasteiger partial charge is 0.507 e. The lowest BCUT2D eigenvalue weighted by atomic mass is 10.1. The molecule has 1 N–H and O–H groups in total. The number of aryl methyl sites for hydroxylation is 1. The van der Waals surface area contributed by atoms with Crippen LogP contribution in [0.3, 0.4) is 0 Å². The summed E-state index contributed by atoms with van der Waals surface area (Å²) in [4.78, 5) is 0. The van der Waals surface area contributed by atoms with Gasteiger partial charge in [-0.3, -0.25) is 0 Å². The predicted molar refractivity (Wildman–Crippen MR) is 57.2 cm³/mol. The fraction of sp³-hybridized carbons (Fsp3) is 0.200. The first-order valence-electron chi connectivity index (χ1n) is 4.00. The van der Waals surface area contributed by atoms with E-state index in [1.807, 2.05) is 26.0 Å². The molecule has 0 heterocycles. The second-order valence-corrected chi connectivity index (χ2v) is 4.09. The van der Waals surface area contributed by atoms with Gasteiger partial charge in [-0.15, -0.1) is 0 Å². The van der Waals surface area contributed by atoms with E-state index in [-0.39, 0.29) is 0 Å². The Morgan fingerprint density at radius 2 is 2.08 bits per heavy atom. The first-order chi connectivity index (χ1) is 5.57. The third kappa shape index (κ3) is 1.30. The van der Waals surface area contributed by atoms with E-state index in [1.165, 1.54) is 5.19 Å². The van der Waals surface area contributed by atoms with Crippen LogP contribution < -0.4 is 5.19 Å². The Balaban J connectivity index is 3.49. The minimum atomic E-state index is 0.436. The number of phenolic OH excluding ortho intramolecular Hbond substituents is 1. The van der Waals surface area contributed by atoms with Crippen LogP contribution in [0, 0.1) is 13.8 Å². The lowest BCUT2D eigenvalue weighted by molar-refractivity contribution is 0.467. The first kappa shape index (κ1) is 9.07. The Hall–Kier alpha value is -1.02. The van der Waals surface area contributed by atoms with Crippen LogP contribution in [-0.2, 0) is 0 Å². The zero-order chi connectivity index (χ0) is 9.30. The second kappa shape index (κ2) is 3.15.